The average molecular weight is 296 g/mol. The molecule has 0 spiro atoms. The van der Waals surface area contributed by atoms with Crippen LogP contribution in [0.2, 0.25) is 5.02 Å². The Morgan fingerprint density at radius 2 is 2.11 bits per heavy atom. The minimum atomic E-state index is -4.51. The van der Waals surface area contributed by atoms with Crippen molar-refractivity contribution in [3.8, 4) is 0 Å². The van der Waals surface area contributed by atoms with Gasteiger partial charge in [0.2, 0.25) is 0 Å². The Bertz CT molecular complexity index is 463. The van der Waals surface area contributed by atoms with Crippen molar-refractivity contribution >= 4 is 23.3 Å². The predicted octanol–water partition coefficient (Wildman–Crippen LogP) is 3.58. The van der Waals surface area contributed by atoms with Crippen LogP contribution in [0.4, 0.5) is 18.9 Å². The zero-order valence-electron chi connectivity index (χ0n) is 10.3. The van der Waals surface area contributed by atoms with Crippen LogP contribution in [0, 0.1) is 5.92 Å². The van der Waals surface area contributed by atoms with Gasteiger partial charge in [0.15, 0.2) is 0 Å². The molecule has 0 aliphatic heterocycles. The molecule has 0 aliphatic rings. The van der Waals surface area contributed by atoms with Crippen LogP contribution in [-0.2, 0) is 15.7 Å². The largest absolute Gasteiger partial charge is 0.469 e. The Balaban J connectivity index is 2.78. The van der Waals surface area contributed by atoms with E-state index in [1.165, 1.54) is 13.2 Å². The highest BCUT2D eigenvalue weighted by molar-refractivity contribution is 6.31. The minimum absolute atomic E-state index is 0.172. The van der Waals surface area contributed by atoms with E-state index in [2.05, 4.69) is 10.1 Å². The Kier molecular flexibility index (Phi) is 5.05. The lowest BCUT2D eigenvalue weighted by atomic mass is 10.1. The van der Waals surface area contributed by atoms with Crippen LogP contribution >= 0.6 is 11.6 Å². The number of hydrogen-bond donors (Lipinski definition) is 1. The number of alkyl halides is 3. The summed E-state index contributed by atoms with van der Waals surface area (Å²) in [4.78, 5) is 11.2. The second-order valence-corrected chi connectivity index (χ2v) is 4.40. The van der Waals surface area contributed by atoms with E-state index in [1.54, 1.807) is 6.92 Å². The van der Waals surface area contributed by atoms with Gasteiger partial charge in [0, 0.05) is 12.2 Å². The third-order valence-electron chi connectivity index (χ3n) is 2.49. The SMILES string of the molecule is COC(=O)C(C)CNc1ccc(Cl)c(C(F)(F)F)c1. The number of hydrogen-bond acceptors (Lipinski definition) is 3. The number of anilines is 1. The van der Waals surface area contributed by atoms with Crippen molar-refractivity contribution in [3.05, 3.63) is 28.8 Å². The summed E-state index contributed by atoms with van der Waals surface area (Å²) in [5.74, 6) is -0.896. The van der Waals surface area contributed by atoms with Gasteiger partial charge in [-0.3, -0.25) is 4.79 Å². The highest BCUT2D eigenvalue weighted by Gasteiger charge is 2.33. The predicted molar refractivity (Wildman–Crippen MR) is 66.1 cm³/mol. The first-order valence-electron chi connectivity index (χ1n) is 5.44. The minimum Gasteiger partial charge on any atom is -0.469 e. The summed E-state index contributed by atoms with van der Waals surface area (Å²) < 4.78 is 42.4. The molecule has 0 aliphatic carbocycles. The van der Waals surface area contributed by atoms with E-state index < -0.39 is 23.6 Å². The third-order valence-corrected chi connectivity index (χ3v) is 2.82. The molecule has 1 atom stereocenters. The topological polar surface area (TPSA) is 38.3 Å². The number of nitrogens with one attached hydrogen (secondary N) is 1. The van der Waals surface area contributed by atoms with E-state index >= 15 is 0 Å². The maximum absolute atomic E-state index is 12.6. The molecule has 1 aromatic carbocycles. The number of carbonyl (C=O) groups excluding carboxylic acids is 1. The van der Waals surface area contributed by atoms with Gasteiger partial charge in [0.1, 0.15) is 0 Å². The molecule has 1 aromatic rings. The van der Waals surface area contributed by atoms with Crippen molar-refractivity contribution < 1.29 is 22.7 Å². The van der Waals surface area contributed by atoms with Gasteiger partial charge in [-0.15, -0.1) is 0 Å². The van der Waals surface area contributed by atoms with E-state index in [-0.39, 0.29) is 17.3 Å². The molecule has 19 heavy (non-hydrogen) atoms. The van der Waals surface area contributed by atoms with Crippen LogP contribution in [0.3, 0.4) is 0 Å². The van der Waals surface area contributed by atoms with Crippen molar-refractivity contribution in [1.29, 1.82) is 0 Å². The summed E-state index contributed by atoms with van der Waals surface area (Å²) in [7, 11) is 1.25. The normalized spacial score (nSPS) is 12.9. The lowest BCUT2D eigenvalue weighted by molar-refractivity contribution is -0.144. The number of esters is 1. The molecule has 1 rings (SSSR count). The molecular weight excluding hydrogens is 283 g/mol. The Hall–Kier alpha value is -1.43. The van der Waals surface area contributed by atoms with Crippen molar-refractivity contribution in [1.82, 2.24) is 0 Å². The van der Waals surface area contributed by atoms with Gasteiger partial charge in [0.05, 0.1) is 23.6 Å². The summed E-state index contributed by atoms with van der Waals surface area (Å²) in [6.07, 6.45) is -4.51. The number of halogens is 4. The van der Waals surface area contributed by atoms with E-state index in [4.69, 9.17) is 11.6 Å². The van der Waals surface area contributed by atoms with E-state index in [0.29, 0.717) is 0 Å². The number of carbonyl (C=O) groups is 1. The summed E-state index contributed by atoms with van der Waals surface area (Å²) in [6.45, 7) is 1.78. The molecule has 3 nitrogen and oxygen atoms in total. The fourth-order valence-corrected chi connectivity index (χ4v) is 1.63. The molecule has 0 fully saturated rings. The Morgan fingerprint density at radius 3 is 2.63 bits per heavy atom. The number of ether oxygens (including phenoxy) is 1. The van der Waals surface area contributed by atoms with Crippen LogP contribution < -0.4 is 5.32 Å². The standard InChI is InChI=1S/C12H13ClF3NO2/c1-7(11(18)19-2)6-17-8-3-4-10(13)9(5-8)12(14,15)16/h3-5,7,17H,6H2,1-2H3. The Morgan fingerprint density at radius 1 is 1.47 bits per heavy atom. The average Bonchev–Trinajstić information content (AvgIpc) is 2.35. The number of methoxy groups -OCH3 is 1. The molecular formula is C12H13ClF3NO2. The molecule has 1 N–H and O–H groups in total. The van der Waals surface area contributed by atoms with Gasteiger partial charge in [-0.2, -0.15) is 13.2 Å². The maximum atomic E-state index is 12.6. The van der Waals surface area contributed by atoms with Gasteiger partial charge in [-0.25, -0.2) is 0 Å². The van der Waals surface area contributed by atoms with Crippen LogP contribution in [0.5, 0.6) is 0 Å². The van der Waals surface area contributed by atoms with Crippen molar-refractivity contribution in [3.63, 3.8) is 0 Å². The number of rotatable bonds is 4. The Labute approximate surface area is 113 Å². The monoisotopic (exact) mass is 295 g/mol. The van der Waals surface area contributed by atoms with Gasteiger partial charge < -0.3 is 10.1 Å². The lowest BCUT2D eigenvalue weighted by Gasteiger charge is -2.14. The molecule has 1 unspecified atom stereocenters. The fraction of sp³-hybridized carbons (Fsp3) is 0.417. The molecule has 7 heteroatoms. The summed E-state index contributed by atoms with van der Waals surface area (Å²) >= 11 is 5.49. The van der Waals surface area contributed by atoms with Gasteiger partial charge in [-0.1, -0.05) is 18.5 Å². The lowest BCUT2D eigenvalue weighted by Crippen LogP contribution is -2.21. The smallest absolute Gasteiger partial charge is 0.417 e. The third kappa shape index (κ3) is 4.31. The second kappa shape index (κ2) is 6.14. The highest BCUT2D eigenvalue weighted by atomic mass is 35.5. The van der Waals surface area contributed by atoms with E-state index in [1.807, 2.05) is 0 Å². The molecule has 0 amide bonds. The molecule has 0 saturated heterocycles. The van der Waals surface area contributed by atoms with Crippen molar-refractivity contribution in [2.45, 2.75) is 13.1 Å². The van der Waals surface area contributed by atoms with Crippen LogP contribution in [0.15, 0.2) is 18.2 Å². The first-order chi connectivity index (χ1) is 8.75. The van der Waals surface area contributed by atoms with Crippen molar-refractivity contribution in [2.75, 3.05) is 19.0 Å². The van der Waals surface area contributed by atoms with Crippen LogP contribution in [-0.4, -0.2) is 19.6 Å². The van der Waals surface area contributed by atoms with E-state index in [0.717, 1.165) is 12.1 Å². The first-order valence-corrected chi connectivity index (χ1v) is 5.82. The zero-order chi connectivity index (χ0) is 14.6. The highest BCUT2D eigenvalue weighted by Crippen LogP contribution is 2.36. The fourth-order valence-electron chi connectivity index (χ4n) is 1.41. The molecule has 0 saturated carbocycles. The maximum Gasteiger partial charge on any atom is 0.417 e. The number of benzene rings is 1. The van der Waals surface area contributed by atoms with Crippen molar-refractivity contribution in [2.24, 2.45) is 5.92 Å². The first kappa shape index (κ1) is 15.6. The molecule has 0 bridgehead atoms. The van der Waals surface area contributed by atoms with Crippen LogP contribution in [0.1, 0.15) is 12.5 Å². The molecule has 0 aromatic heterocycles. The van der Waals surface area contributed by atoms with Gasteiger partial charge in [0.25, 0.3) is 0 Å². The summed E-state index contributed by atoms with van der Waals surface area (Å²) in [5.41, 5.74) is -0.669. The molecule has 0 radical (unpaired) electrons. The van der Waals surface area contributed by atoms with Crippen LogP contribution in [0.25, 0.3) is 0 Å². The second-order valence-electron chi connectivity index (χ2n) is 4.00. The molecule has 106 valence electrons. The summed E-state index contributed by atoms with van der Waals surface area (Å²) in [6, 6.07) is 3.49. The molecule has 0 heterocycles. The van der Waals surface area contributed by atoms with E-state index in [9.17, 15) is 18.0 Å². The zero-order valence-corrected chi connectivity index (χ0v) is 11.1. The van der Waals surface area contributed by atoms with Gasteiger partial charge >= 0.3 is 12.1 Å². The van der Waals surface area contributed by atoms with Gasteiger partial charge in [-0.05, 0) is 18.2 Å². The summed E-state index contributed by atoms with van der Waals surface area (Å²) in [5, 5.41) is 2.38. The quantitative estimate of drug-likeness (QED) is 0.863.